The second kappa shape index (κ2) is 18.8. The van der Waals surface area contributed by atoms with E-state index in [4.69, 9.17) is 30.5 Å². The normalized spacial score (nSPS) is 17.6. The van der Waals surface area contributed by atoms with Gasteiger partial charge in [0.15, 0.2) is 5.90 Å². The zero-order chi connectivity index (χ0) is 31.0. The van der Waals surface area contributed by atoms with Crippen LogP contribution in [0.5, 0.6) is 5.75 Å². The summed E-state index contributed by atoms with van der Waals surface area (Å²) in [5.74, 6) is 1.19. The summed E-state index contributed by atoms with van der Waals surface area (Å²) < 4.78 is 23.0. The average Bonchev–Trinajstić information content (AvgIpc) is 3.03. The van der Waals surface area contributed by atoms with Crippen molar-refractivity contribution in [2.24, 2.45) is 10.9 Å². The summed E-state index contributed by atoms with van der Waals surface area (Å²) in [6.07, 6.45) is 2.11. The number of carbonyl (C=O) groups excluding carboxylic acids is 1. The van der Waals surface area contributed by atoms with Gasteiger partial charge in [-0.15, -0.1) is 0 Å². The van der Waals surface area contributed by atoms with E-state index in [-0.39, 0.29) is 25.2 Å². The third-order valence-corrected chi connectivity index (χ3v) is 7.53. The zero-order valence-electron chi connectivity index (χ0n) is 25.4. The highest BCUT2D eigenvalue weighted by Crippen LogP contribution is 2.31. The zero-order valence-corrected chi connectivity index (χ0v) is 26.1. The maximum Gasteiger partial charge on any atom is 0.251 e. The third-order valence-electron chi connectivity index (χ3n) is 7.29. The number of aliphatic hydroxyl groups excluding tert-OH is 2. The van der Waals surface area contributed by atoms with Crippen molar-refractivity contribution < 1.29 is 34.0 Å². The van der Waals surface area contributed by atoms with Crippen LogP contribution in [0.1, 0.15) is 60.2 Å². The van der Waals surface area contributed by atoms with Crippen LogP contribution in [0.15, 0.2) is 47.5 Å². The number of likely N-dealkylation sites (N-methyl/N-ethyl adjacent to an activating group) is 1. The van der Waals surface area contributed by atoms with Crippen LogP contribution < -0.4 is 15.4 Å². The van der Waals surface area contributed by atoms with Crippen LogP contribution in [0.25, 0.3) is 0 Å². The van der Waals surface area contributed by atoms with Gasteiger partial charge in [-0.1, -0.05) is 30.7 Å². The molecule has 1 heterocycles. The van der Waals surface area contributed by atoms with Crippen LogP contribution in [0.3, 0.4) is 0 Å². The van der Waals surface area contributed by atoms with E-state index >= 15 is 0 Å². The number of benzene rings is 2. The molecular weight excluding hydrogens is 574 g/mol. The van der Waals surface area contributed by atoms with Gasteiger partial charge in [0.25, 0.3) is 5.91 Å². The van der Waals surface area contributed by atoms with E-state index in [1.54, 1.807) is 31.4 Å². The molecule has 3 rings (SSSR count). The second-order valence-electron chi connectivity index (χ2n) is 10.6. The van der Waals surface area contributed by atoms with E-state index in [0.717, 1.165) is 38.0 Å². The monoisotopic (exact) mass is 619 g/mol. The summed E-state index contributed by atoms with van der Waals surface area (Å²) in [5.41, 5.74) is 1.84. The number of hydrogen-bond acceptors (Lipinski definition) is 9. The molecule has 1 fully saturated rings. The van der Waals surface area contributed by atoms with Crippen molar-refractivity contribution in [1.82, 2.24) is 10.6 Å². The molecule has 0 spiro atoms. The summed E-state index contributed by atoms with van der Waals surface area (Å²) >= 11 is 6.34. The van der Waals surface area contributed by atoms with Crippen LogP contribution >= 0.6 is 11.6 Å². The van der Waals surface area contributed by atoms with E-state index in [1.807, 2.05) is 32.2 Å². The standard InChI is InChI=1S/C32H46ClN3O7/c1-4-30(40-3)35-10-12-42-31(23-8-5-9-26(33)15-23)24-14-25(17-29(16-24)43-21-28(38)19-37)32(39)36-18-27(34-2)13-22-7-6-11-41-20-22/h5,8-9,14-17,22,27-28,31,34,37-38H,4,6-7,10-13,18-21H2,1-3H3,(H,36,39). The number of hydrogen-bond donors (Lipinski definition) is 4. The predicted octanol–water partition coefficient (Wildman–Crippen LogP) is 3.77. The molecule has 10 nitrogen and oxygen atoms in total. The molecule has 0 aromatic heterocycles. The molecule has 0 radical (unpaired) electrons. The van der Waals surface area contributed by atoms with E-state index < -0.39 is 18.8 Å². The Morgan fingerprint density at radius 3 is 2.74 bits per heavy atom. The summed E-state index contributed by atoms with van der Waals surface area (Å²) in [4.78, 5) is 17.9. The SMILES string of the molecule is CCC(=NCCOC(c1cccc(Cl)c1)c1cc(OCC(O)CO)cc(C(=O)NCC(CC2CCCOC2)NC)c1)OC. The third kappa shape index (κ3) is 11.7. The van der Waals surface area contributed by atoms with Gasteiger partial charge in [-0.3, -0.25) is 9.79 Å². The van der Waals surface area contributed by atoms with Gasteiger partial charge >= 0.3 is 0 Å². The van der Waals surface area contributed by atoms with Crippen LogP contribution in [0, 0.1) is 5.92 Å². The Hall–Kier alpha value is -2.73. The Kier molecular flexibility index (Phi) is 15.2. The van der Waals surface area contributed by atoms with Crippen LogP contribution in [0.2, 0.25) is 5.02 Å². The minimum Gasteiger partial charge on any atom is -0.491 e. The van der Waals surface area contributed by atoms with Crippen molar-refractivity contribution in [3.8, 4) is 5.75 Å². The van der Waals surface area contributed by atoms with E-state index in [1.165, 1.54) is 0 Å². The summed E-state index contributed by atoms with van der Waals surface area (Å²) in [5, 5.41) is 26.1. The Balaban J connectivity index is 1.86. The van der Waals surface area contributed by atoms with Gasteiger partial charge in [-0.05, 0) is 73.7 Å². The smallest absolute Gasteiger partial charge is 0.251 e. The molecule has 2 aromatic rings. The molecule has 4 N–H and O–H groups in total. The lowest BCUT2D eigenvalue weighted by molar-refractivity contribution is 0.0478. The fraction of sp³-hybridized carbons (Fsp3) is 0.562. The number of ether oxygens (including phenoxy) is 4. The number of aliphatic hydroxyl groups is 2. The Labute approximate surface area is 259 Å². The number of aliphatic imine (C=N–C) groups is 1. The number of carbonyl (C=O) groups is 1. The quantitative estimate of drug-likeness (QED) is 0.120. The lowest BCUT2D eigenvalue weighted by Crippen LogP contribution is -2.41. The molecule has 0 bridgehead atoms. The van der Waals surface area contributed by atoms with Gasteiger partial charge in [0.1, 0.15) is 24.6 Å². The molecule has 0 saturated carbocycles. The van der Waals surface area contributed by atoms with E-state index in [0.29, 0.717) is 53.2 Å². The van der Waals surface area contributed by atoms with Crippen molar-refractivity contribution in [3.63, 3.8) is 0 Å². The molecule has 4 unspecified atom stereocenters. The first-order valence-electron chi connectivity index (χ1n) is 14.9. The maximum atomic E-state index is 13.5. The Bertz CT molecular complexity index is 1150. The Morgan fingerprint density at radius 2 is 2.07 bits per heavy atom. The van der Waals surface area contributed by atoms with Crippen LogP contribution in [-0.2, 0) is 14.2 Å². The van der Waals surface area contributed by atoms with Crippen molar-refractivity contribution in [1.29, 1.82) is 0 Å². The molecule has 1 saturated heterocycles. The van der Waals surface area contributed by atoms with Gasteiger partial charge in [0.2, 0.25) is 0 Å². The number of rotatable bonds is 17. The first-order valence-corrected chi connectivity index (χ1v) is 15.3. The van der Waals surface area contributed by atoms with Gasteiger partial charge in [-0.25, -0.2) is 0 Å². The largest absolute Gasteiger partial charge is 0.491 e. The van der Waals surface area contributed by atoms with Gasteiger partial charge in [-0.2, -0.15) is 0 Å². The predicted molar refractivity (Wildman–Crippen MR) is 167 cm³/mol. The molecule has 0 aliphatic carbocycles. The summed E-state index contributed by atoms with van der Waals surface area (Å²) in [6.45, 7) is 4.06. The number of amides is 1. The summed E-state index contributed by atoms with van der Waals surface area (Å²) in [6, 6.07) is 12.6. The molecule has 1 amide bonds. The Morgan fingerprint density at radius 1 is 1.23 bits per heavy atom. The average molecular weight is 620 g/mol. The van der Waals surface area contributed by atoms with Crippen molar-refractivity contribution >= 4 is 23.4 Å². The fourth-order valence-electron chi connectivity index (χ4n) is 4.97. The van der Waals surface area contributed by atoms with Crippen LogP contribution in [0.4, 0.5) is 0 Å². The molecule has 2 aromatic carbocycles. The van der Waals surface area contributed by atoms with Gasteiger partial charge in [0.05, 0.1) is 26.9 Å². The highest BCUT2D eigenvalue weighted by molar-refractivity contribution is 6.30. The molecule has 4 atom stereocenters. The molecule has 1 aliphatic heterocycles. The fourth-order valence-corrected chi connectivity index (χ4v) is 5.16. The van der Waals surface area contributed by atoms with Gasteiger partial charge < -0.3 is 39.8 Å². The number of nitrogens with one attached hydrogen (secondary N) is 2. The first-order chi connectivity index (χ1) is 20.9. The van der Waals surface area contributed by atoms with Crippen molar-refractivity contribution in [3.05, 3.63) is 64.2 Å². The molecule has 238 valence electrons. The number of nitrogens with zero attached hydrogens (tertiary/aromatic N) is 1. The first kappa shape index (κ1) is 34.8. The second-order valence-corrected chi connectivity index (χ2v) is 11.0. The van der Waals surface area contributed by atoms with Gasteiger partial charge in [0, 0.05) is 42.8 Å². The van der Waals surface area contributed by atoms with Crippen LogP contribution in [-0.4, -0.2) is 94.4 Å². The topological polar surface area (TPSA) is 131 Å². The minimum absolute atomic E-state index is 0.0949. The summed E-state index contributed by atoms with van der Waals surface area (Å²) in [7, 11) is 3.49. The van der Waals surface area contributed by atoms with E-state index in [2.05, 4.69) is 15.6 Å². The molecule has 11 heteroatoms. The van der Waals surface area contributed by atoms with Crippen molar-refractivity contribution in [2.45, 2.75) is 50.9 Å². The molecule has 43 heavy (non-hydrogen) atoms. The highest BCUT2D eigenvalue weighted by Gasteiger charge is 2.22. The molecular formula is C32H46ClN3O7. The maximum absolute atomic E-state index is 13.5. The number of methoxy groups -OCH3 is 1. The van der Waals surface area contributed by atoms with E-state index in [9.17, 15) is 15.0 Å². The minimum atomic E-state index is -1.06. The van der Waals surface area contributed by atoms with Crippen molar-refractivity contribution in [2.75, 3.05) is 60.3 Å². The lowest BCUT2D eigenvalue weighted by atomic mass is 9.94. The highest BCUT2D eigenvalue weighted by atomic mass is 35.5. The number of halogens is 1. The molecule has 1 aliphatic rings. The lowest BCUT2D eigenvalue weighted by Gasteiger charge is -2.26.